The smallest absolute Gasteiger partial charge is 0.421 e. The SMILES string of the molecule is COc1ccc(CCn2c(O)c(/C=N/NC3=[N+]=C4C(C(=O)N(C)C(=O)N4C)N3C)c(=O)[nH]c2=O)cc1OC. The number of aromatic hydroxyl groups is 1. The molecule has 1 aromatic heterocycles. The maximum absolute atomic E-state index is 12.6. The highest BCUT2D eigenvalue weighted by Crippen LogP contribution is 2.28. The van der Waals surface area contributed by atoms with Crippen LogP contribution < -0.4 is 30.8 Å². The average molecular weight is 528 g/mol. The maximum Gasteiger partial charge on any atom is 0.421 e. The van der Waals surface area contributed by atoms with Crippen molar-refractivity contribution in [3.63, 3.8) is 0 Å². The van der Waals surface area contributed by atoms with E-state index in [9.17, 15) is 24.3 Å². The number of hydrazone groups is 1. The fraction of sp³-hybridized carbons (Fsp3) is 0.348. The van der Waals surface area contributed by atoms with Gasteiger partial charge in [0.25, 0.3) is 11.5 Å². The van der Waals surface area contributed by atoms with Crippen LogP contribution in [0.4, 0.5) is 4.79 Å². The summed E-state index contributed by atoms with van der Waals surface area (Å²) in [4.78, 5) is 55.4. The lowest BCUT2D eigenvalue weighted by Crippen LogP contribution is -2.63. The molecule has 1 fully saturated rings. The van der Waals surface area contributed by atoms with E-state index in [0.29, 0.717) is 17.9 Å². The Morgan fingerprint density at radius 3 is 2.50 bits per heavy atom. The number of carbonyl (C=O) groups excluding carboxylic acids is 2. The molecule has 3 heterocycles. The number of methoxy groups -OCH3 is 2. The molecule has 3 N–H and O–H groups in total. The molecule has 15 nitrogen and oxygen atoms in total. The van der Waals surface area contributed by atoms with Crippen LogP contribution >= 0.6 is 0 Å². The highest BCUT2D eigenvalue weighted by atomic mass is 16.5. The number of rotatable bonds is 7. The molecular weight excluding hydrogens is 500 g/mol. The van der Waals surface area contributed by atoms with Gasteiger partial charge < -0.3 is 14.6 Å². The van der Waals surface area contributed by atoms with Crippen molar-refractivity contribution < 1.29 is 24.2 Å². The van der Waals surface area contributed by atoms with Gasteiger partial charge in [-0.15, -0.1) is 5.10 Å². The van der Waals surface area contributed by atoms with Crippen molar-refractivity contribution in [1.82, 2.24) is 34.3 Å². The number of benzene rings is 1. The van der Waals surface area contributed by atoms with Gasteiger partial charge in [0.2, 0.25) is 11.9 Å². The number of carbonyl (C=O) groups is 2. The molecule has 0 bridgehead atoms. The number of nitrogens with zero attached hydrogens (tertiary/aromatic N) is 6. The minimum absolute atomic E-state index is 0.0522. The monoisotopic (exact) mass is 527 g/mol. The number of fused-ring (bicyclic) bond motifs is 1. The molecule has 2 aliphatic rings. The topological polar surface area (TPSA) is 176 Å². The van der Waals surface area contributed by atoms with Crippen LogP contribution in [0.2, 0.25) is 0 Å². The van der Waals surface area contributed by atoms with Crippen LogP contribution in [0.15, 0.2) is 32.9 Å². The molecular formula is C23H27N8O7+. The van der Waals surface area contributed by atoms with E-state index >= 15 is 0 Å². The van der Waals surface area contributed by atoms with E-state index in [1.165, 1.54) is 38.1 Å². The van der Waals surface area contributed by atoms with Crippen LogP contribution in [0.25, 0.3) is 0 Å². The quantitative estimate of drug-likeness (QED) is 0.211. The van der Waals surface area contributed by atoms with Crippen LogP contribution in [0, 0.1) is 0 Å². The Kier molecular flexibility index (Phi) is 6.95. The second kappa shape index (κ2) is 10.1. The molecule has 2 aromatic rings. The minimum atomic E-state index is -0.840. The Morgan fingerprint density at radius 1 is 1.11 bits per heavy atom. The molecule has 2 aliphatic heterocycles. The Bertz CT molecular complexity index is 1520. The molecule has 1 atom stereocenters. The Morgan fingerprint density at radius 2 is 1.82 bits per heavy atom. The number of hydrogen-bond donors (Lipinski definition) is 3. The van der Waals surface area contributed by atoms with Gasteiger partial charge in [0.1, 0.15) is 5.56 Å². The first-order valence-electron chi connectivity index (χ1n) is 11.4. The van der Waals surface area contributed by atoms with E-state index in [1.807, 2.05) is 0 Å². The predicted octanol–water partition coefficient (Wildman–Crippen LogP) is -1.91. The molecule has 1 aromatic carbocycles. The minimum Gasteiger partial charge on any atom is -0.494 e. The van der Waals surface area contributed by atoms with Gasteiger partial charge in [-0.05, 0) is 24.1 Å². The summed E-state index contributed by atoms with van der Waals surface area (Å²) < 4.78 is 15.8. The lowest BCUT2D eigenvalue weighted by Gasteiger charge is -2.30. The number of amides is 3. The highest BCUT2D eigenvalue weighted by molar-refractivity contribution is 6.23. The van der Waals surface area contributed by atoms with Crippen LogP contribution in [0.5, 0.6) is 17.4 Å². The fourth-order valence-corrected chi connectivity index (χ4v) is 4.11. The second-order valence-corrected chi connectivity index (χ2v) is 8.50. The molecule has 200 valence electrons. The van der Waals surface area contributed by atoms with Gasteiger partial charge in [0.15, 0.2) is 11.5 Å². The van der Waals surface area contributed by atoms with E-state index in [1.54, 1.807) is 25.2 Å². The van der Waals surface area contributed by atoms with Crippen molar-refractivity contribution in [3.05, 3.63) is 50.2 Å². The number of aromatic nitrogens is 2. The average Bonchev–Trinajstić information content (AvgIpc) is 3.23. The van der Waals surface area contributed by atoms with Crippen LogP contribution in [0.3, 0.4) is 0 Å². The first-order chi connectivity index (χ1) is 18.1. The number of imide groups is 1. The summed E-state index contributed by atoms with van der Waals surface area (Å²) in [6.45, 7) is 0.0522. The summed E-state index contributed by atoms with van der Waals surface area (Å²) >= 11 is 0. The number of hydrogen-bond acceptors (Lipinski definition) is 10. The third-order valence-electron chi connectivity index (χ3n) is 6.31. The zero-order valence-electron chi connectivity index (χ0n) is 21.4. The van der Waals surface area contributed by atoms with Gasteiger partial charge >= 0.3 is 23.5 Å². The molecule has 0 aliphatic carbocycles. The molecule has 38 heavy (non-hydrogen) atoms. The molecule has 1 saturated heterocycles. The van der Waals surface area contributed by atoms with E-state index in [4.69, 9.17) is 9.47 Å². The molecule has 0 radical (unpaired) electrons. The van der Waals surface area contributed by atoms with Crippen molar-refractivity contribution in [3.8, 4) is 17.4 Å². The summed E-state index contributed by atoms with van der Waals surface area (Å²) in [6.07, 6.45) is 1.37. The van der Waals surface area contributed by atoms with Gasteiger partial charge in [-0.3, -0.25) is 24.0 Å². The van der Waals surface area contributed by atoms with Crippen molar-refractivity contribution in [2.75, 3.05) is 35.4 Å². The largest absolute Gasteiger partial charge is 0.494 e. The Hall–Kier alpha value is -5.04. The number of likely N-dealkylation sites (N-methyl/N-ethyl adjacent to an activating group) is 3. The number of H-pyrrole nitrogens is 1. The first kappa shape index (κ1) is 26.0. The van der Waals surface area contributed by atoms with Gasteiger partial charge in [0.05, 0.1) is 27.5 Å². The van der Waals surface area contributed by atoms with Crippen LogP contribution in [-0.4, -0.2) is 101 Å². The van der Waals surface area contributed by atoms with Gasteiger partial charge in [-0.25, -0.2) is 24.1 Å². The molecule has 3 amide bonds. The standard InChI is InChI=1S/C23H26N8O7/c1-28-16-17(29(2)23(36)30(3)20(16)34)25-21(28)27-24-11-13-18(32)26-22(35)31(19(13)33)9-8-12-6-7-14(37-4)15(10-12)38-5/h6-7,10-11,16H,8-9H2,1-5H3,(H2,24,26,32,33,35)/p+1. The highest BCUT2D eigenvalue weighted by Gasteiger charge is 2.53. The van der Waals surface area contributed by atoms with Crippen LogP contribution in [-0.2, 0) is 17.8 Å². The molecule has 0 saturated carbocycles. The summed E-state index contributed by atoms with van der Waals surface area (Å²) in [5.74, 6) is 0.409. The van der Waals surface area contributed by atoms with E-state index in [-0.39, 0.29) is 23.9 Å². The van der Waals surface area contributed by atoms with E-state index in [2.05, 4.69) is 20.2 Å². The number of ether oxygens (including phenoxy) is 2. The van der Waals surface area contributed by atoms with Crippen molar-refractivity contribution in [1.29, 1.82) is 0 Å². The third-order valence-corrected chi connectivity index (χ3v) is 6.31. The Balaban J connectivity index is 1.54. The zero-order chi connectivity index (χ0) is 27.7. The number of nitrogens with one attached hydrogen (secondary N) is 2. The molecule has 1 unspecified atom stereocenters. The maximum atomic E-state index is 12.6. The van der Waals surface area contributed by atoms with Crippen LogP contribution in [0.1, 0.15) is 11.1 Å². The normalized spacial score (nSPS) is 17.1. The summed E-state index contributed by atoms with van der Waals surface area (Å²) in [5, 5.41) is 14.6. The third kappa shape index (κ3) is 4.46. The van der Waals surface area contributed by atoms with Crippen molar-refractivity contribution >= 4 is 29.9 Å². The lowest BCUT2D eigenvalue weighted by atomic mass is 10.1. The van der Waals surface area contributed by atoms with E-state index in [0.717, 1.165) is 21.2 Å². The van der Waals surface area contributed by atoms with Gasteiger partial charge in [-0.1, -0.05) is 6.07 Å². The van der Waals surface area contributed by atoms with E-state index < -0.39 is 35.1 Å². The number of guanidine groups is 1. The number of aromatic amines is 1. The molecule has 15 heteroatoms. The molecule has 0 spiro atoms. The fourth-order valence-electron chi connectivity index (χ4n) is 4.11. The number of urea groups is 1. The summed E-state index contributed by atoms with van der Waals surface area (Å²) in [6, 6.07) is 3.93. The zero-order valence-corrected chi connectivity index (χ0v) is 21.4. The number of amidine groups is 1. The Labute approximate surface area is 215 Å². The summed E-state index contributed by atoms with van der Waals surface area (Å²) in [5.41, 5.74) is 1.53. The van der Waals surface area contributed by atoms with Gasteiger partial charge in [-0.2, -0.15) is 5.43 Å². The lowest BCUT2D eigenvalue weighted by molar-refractivity contribution is -0.130. The molecule has 4 rings (SSSR count). The number of aryl methyl sites for hydroxylation is 1. The summed E-state index contributed by atoms with van der Waals surface area (Å²) in [7, 11) is 7.50. The first-order valence-corrected chi connectivity index (χ1v) is 11.4. The van der Waals surface area contributed by atoms with Gasteiger partial charge in [0, 0.05) is 20.6 Å². The second-order valence-electron chi connectivity index (χ2n) is 8.50. The van der Waals surface area contributed by atoms with Crippen molar-refractivity contribution in [2.45, 2.75) is 19.0 Å². The van der Waals surface area contributed by atoms with Crippen molar-refractivity contribution in [2.24, 2.45) is 5.10 Å². The predicted molar refractivity (Wildman–Crippen MR) is 137 cm³/mol.